The zero-order valence-corrected chi connectivity index (χ0v) is 15.5. The fourth-order valence-corrected chi connectivity index (χ4v) is 3.55. The first kappa shape index (κ1) is 17.7. The van der Waals surface area contributed by atoms with E-state index in [0.717, 1.165) is 29.0 Å². The molecular weight excluding hydrogens is 362 g/mol. The van der Waals surface area contributed by atoms with Crippen molar-refractivity contribution in [1.29, 1.82) is 0 Å². The molecule has 8 heteroatoms. The van der Waals surface area contributed by atoms with Gasteiger partial charge in [-0.2, -0.15) is 4.98 Å². The van der Waals surface area contributed by atoms with E-state index in [0.29, 0.717) is 24.2 Å². The number of nitrogens with zero attached hydrogens (tertiary/aromatic N) is 4. The summed E-state index contributed by atoms with van der Waals surface area (Å²) < 4.78 is 5.41. The monoisotopic (exact) mass is 381 g/mol. The maximum absolute atomic E-state index is 12.1. The fourth-order valence-electron chi connectivity index (χ4n) is 2.73. The van der Waals surface area contributed by atoms with Gasteiger partial charge in [0.2, 0.25) is 17.6 Å². The Labute approximate surface area is 161 Å². The van der Waals surface area contributed by atoms with E-state index in [-0.39, 0.29) is 11.7 Å². The van der Waals surface area contributed by atoms with E-state index in [4.69, 9.17) is 4.52 Å². The molecule has 1 fully saturated rings. The lowest BCUT2D eigenvalue weighted by Gasteiger charge is -2.20. The molecule has 0 aromatic carbocycles. The number of aromatic nitrogens is 4. The topological polar surface area (TPSA) is 93.8 Å². The van der Waals surface area contributed by atoms with Crippen LogP contribution in [0, 0.1) is 0 Å². The van der Waals surface area contributed by atoms with Gasteiger partial charge in [0.05, 0.1) is 11.3 Å². The minimum Gasteiger partial charge on any atom is -0.351 e. The predicted octanol–water partition coefficient (Wildman–Crippen LogP) is 3.20. The number of carbonyl (C=O) groups excluding carboxylic acids is 1. The molecule has 3 aromatic rings. The van der Waals surface area contributed by atoms with Gasteiger partial charge in [-0.3, -0.25) is 9.78 Å². The number of rotatable bonds is 7. The van der Waals surface area contributed by atoms with Crippen LogP contribution in [0.1, 0.15) is 36.6 Å². The summed E-state index contributed by atoms with van der Waals surface area (Å²) in [6, 6.07) is 7.51. The minimum atomic E-state index is -0.0660. The summed E-state index contributed by atoms with van der Waals surface area (Å²) in [5, 5.41) is 7.71. The molecule has 0 aliphatic heterocycles. The van der Waals surface area contributed by atoms with Crippen molar-refractivity contribution in [2.75, 3.05) is 5.75 Å². The number of nitrogens with one attached hydrogen (secondary N) is 1. The normalized spacial score (nSPS) is 13.9. The molecule has 0 spiro atoms. The summed E-state index contributed by atoms with van der Waals surface area (Å²) in [5.74, 6) is 1.81. The maximum Gasteiger partial charge on any atom is 0.230 e. The Morgan fingerprint density at radius 1 is 1.26 bits per heavy atom. The van der Waals surface area contributed by atoms with Crippen LogP contribution in [0.5, 0.6) is 0 Å². The Morgan fingerprint density at radius 2 is 2.15 bits per heavy atom. The highest BCUT2D eigenvalue weighted by Gasteiger charge is 2.26. The number of hydrogen-bond acceptors (Lipinski definition) is 7. The molecule has 1 amide bonds. The van der Waals surface area contributed by atoms with Crippen LogP contribution in [-0.4, -0.2) is 31.8 Å². The molecule has 3 aromatic heterocycles. The molecule has 0 saturated heterocycles. The maximum atomic E-state index is 12.1. The summed E-state index contributed by atoms with van der Waals surface area (Å²) in [7, 11) is 0. The van der Waals surface area contributed by atoms with Crippen molar-refractivity contribution in [1.82, 2.24) is 25.4 Å². The Bertz CT molecular complexity index is 911. The highest BCUT2D eigenvalue weighted by atomic mass is 32.2. The first-order valence-electron chi connectivity index (χ1n) is 8.87. The van der Waals surface area contributed by atoms with Crippen LogP contribution in [0.25, 0.3) is 11.4 Å². The van der Waals surface area contributed by atoms with Gasteiger partial charge in [-0.15, -0.1) is 0 Å². The van der Waals surface area contributed by atoms with Crippen molar-refractivity contribution in [2.45, 2.75) is 36.8 Å². The van der Waals surface area contributed by atoms with E-state index in [1.807, 2.05) is 24.3 Å². The number of amides is 1. The van der Waals surface area contributed by atoms with Gasteiger partial charge in [0.1, 0.15) is 5.03 Å². The molecule has 0 bridgehead atoms. The second kappa shape index (κ2) is 8.30. The van der Waals surface area contributed by atoms with Crippen molar-refractivity contribution in [2.24, 2.45) is 0 Å². The predicted molar refractivity (Wildman–Crippen MR) is 101 cm³/mol. The summed E-state index contributed by atoms with van der Waals surface area (Å²) in [6.45, 7) is 0.456. The van der Waals surface area contributed by atoms with Crippen molar-refractivity contribution >= 4 is 17.7 Å². The standard InChI is InChI=1S/C19H19N5O2S/c25-16(22-11-13-4-2-8-20-10-13)12-27-19-15(7-3-9-21-19)17-23-18(26-24-17)14-5-1-6-14/h2-4,7-10,14H,1,5-6,11-12H2,(H,22,25). The molecule has 7 nitrogen and oxygen atoms in total. The third-order valence-corrected chi connectivity index (χ3v) is 5.47. The lowest BCUT2D eigenvalue weighted by molar-refractivity contribution is -0.118. The smallest absolute Gasteiger partial charge is 0.230 e. The van der Waals surface area contributed by atoms with E-state index in [2.05, 4.69) is 25.4 Å². The van der Waals surface area contributed by atoms with Crippen molar-refractivity contribution in [3.05, 3.63) is 54.3 Å². The van der Waals surface area contributed by atoms with E-state index in [9.17, 15) is 4.79 Å². The number of pyridine rings is 2. The van der Waals surface area contributed by atoms with Gasteiger partial charge in [-0.05, 0) is 36.6 Å². The van der Waals surface area contributed by atoms with Gasteiger partial charge in [0.25, 0.3) is 0 Å². The number of hydrogen-bond donors (Lipinski definition) is 1. The minimum absolute atomic E-state index is 0.0660. The molecule has 3 heterocycles. The molecule has 27 heavy (non-hydrogen) atoms. The van der Waals surface area contributed by atoms with Gasteiger partial charge >= 0.3 is 0 Å². The Balaban J connectivity index is 1.38. The van der Waals surface area contributed by atoms with Crippen LogP contribution in [0.2, 0.25) is 0 Å². The molecule has 1 saturated carbocycles. The second-order valence-electron chi connectivity index (χ2n) is 6.37. The quantitative estimate of drug-likeness (QED) is 0.628. The average molecular weight is 381 g/mol. The number of thioether (sulfide) groups is 1. The molecule has 1 N–H and O–H groups in total. The Kier molecular flexibility index (Phi) is 5.43. The molecule has 0 radical (unpaired) electrons. The largest absolute Gasteiger partial charge is 0.351 e. The van der Waals surface area contributed by atoms with E-state index < -0.39 is 0 Å². The molecule has 138 valence electrons. The first-order chi connectivity index (χ1) is 13.3. The fraction of sp³-hybridized carbons (Fsp3) is 0.316. The van der Waals surface area contributed by atoms with Crippen LogP contribution in [-0.2, 0) is 11.3 Å². The number of carbonyl (C=O) groups is 1. The van der Waals surface area contributed by atoms with Crippen molar-refractivity contribution < 1.29 is 9.32 Å². The van der Waals surface area contributed by atoms with Crippen molar-refractivity contribution in [3.8, 4) is 11.4 Å². The van der Waals surface area contributed by atoms with Gasteiger partial charge in [0.15, 0.2) is 0 Å². The Hall–Kier alpha value is -2.74. The lowest BCUT2D eigenvalue weighted by atomic mass is 9.85. The van der Waals surface area contributed by atoms with Gasteiger partial charge in [-0.1, -0.05) is 29.4 Å². The first-order valence-corrected chi connectivity index (χ1v) is 9.85. The summed E-state index contributed by atoms with van der Waals surface area (Å²) in [6.07, 6.45) is 8.57. The van der Waals surface area contributed by atoms with Crippen LogP contribution >= 0.6 is 11.8 Å². The highest BCUT2D eigenvalue weighted by molar-refractivity contribution is 8.00. The molecular formula is C19H19N5O2S. The summed E-state index contributed by atoms with van der Waals surface area (Å²) in [5.41, 5.74) is 1.75. The molecule has 0 atom stereocenters. The van der Waals surface area contributed by atoms with Crippen LogP contribution in [0.15, 0.2) is 52.4 Å². The third-order valence-electron chi connectivity index (χ3n) is 4.46. The highest BCUT2D eigenvalue weighted by Crippen LogP contribution is 2.36. The Morgan fingerprint density at radius 3 is 2.93 bits per heavy atom. The van der Waals surface area contributed by atoms with E-state index >= 15 is 0 Å². The second-order valence-corrected chi connectivity index (χ2v) is 7.33. The zero-order chi connectivity index (χ0) is 18.5. The van der Waals surface area contributed by atoms with Gasteiger partial charge in [0, 0.05) is 31.1 Å². The zero-order valence-electron chi connectivity index (χ0n) is 14.7. The molecule has 4 rings (SSSR count). The van der Waals surface area contributed by atoms with Crippen LogP contribution in [0.4, 0.5) is 0 Å². The third kappa shape index (κ3) is 4.33. The summed E-state index contributed by atoms with van der Waals surface area (Å²) >= 11 is 1.36. The van der Waals surface area contributed by atoms with Crippen LogP contribution in [0.3, 0.4) is 0 Å². The van der Waals surface area contributed by atoms with Crippen LogP contribution < -0.4 is 5.32 Å². The van der Waals surface area contributed by atoms with Crippen molar-refractivity contribution in [3.63, 3.8) is 0 Å². The van der Waals surface area contributed by atoms with Gasteiger partial charge in [-0.25, -0.2) is 4.98 Å². The van der Waals surface area contributed by atoms with E-state index in [1.165, 1.54) is 18.2 Å². The SMILES string of the molecule is O=C(CSc1ncccc1-c1noc(C2CCC2)n1)NCc1cccnc1. The lowest BCUT2D eigenvalue weighted by Crippen LogP contribution is -2.24. The molecule has 0 unspecified atom stereocenters. The summed E-state index contributed by atoms with van der Waals surface area (Å²) in [4.78, 5) is 25.1. The average Bonchev–Trinajstić information content (AvgIpc) is 3.13. The molecule has 1 aliphatic rings. The van der Waals surface area contributed by atoms with E-state index in [1.54, 1.807) is 18.6 Å². The van der Waals surface area contributed by atoms with Gasteiger partial charge < -0.3 is 9.84 Å². The molecule has 1 aliphatic carbocycles.